The fourth-order valence-electron chi connectivity index (χ4n) is 2.44. The second-order valence-corrected chi connectivity index (χ2v) is 6.26. The van der Waals surface area contributed by atoms with E-state index in [1.807, 2.05) is 11.8 Å². The molecule has 2 unspecified atom stereocenters. The lowest BCUT2D eigenvalue weighted by molar-refractivity contribution is -0.120. The fourth-order valence-corrected chi connectivity index (χ4v) is 2.58. The predicted octanol–water partition coefficient (Wildman–Crippen LogP) is 1.10. The highest BCUT2D eigenvalue weighted by molar-refractivity contribution is 7.80. The molecule has 0 spiro atoms. The van der Waals surface area contributed by atoms with E-state index >= 15 is 0 Å². The van der Waals surface area contributed by atoms with Crippen molar-refractivity contribution >= 4 is 28.8 Å². The third kappa shape index (κ3) is 4.00. The topological polar surface area (TPSA) is 78.6 Å². The van der Waals surface area contributed by atoms with E-state index in [1.165, 1.54) is 0 Å². The summed E-state index contributed by atoms with van der Waals surface area (Å²) >= 11 is 4.89. The second-order valence-electron chi connectivity index (χ2n) is 5.82. The number of benzene rings is 1. The summed E-state index contributed by atoms with van der Waals surface area (Å²) in [6.07, 6.45) is 0.688. The average molecular weight is 307 g/mol. The molecule has 2 rings (SSSR count). The molecule has 21 heavy (non-hydrogen) atoms. The quantitative estimate of drug-likeness (QED) is 0.726. The highest BCUT2D eigenvalue weighted by atomic mass is 32.1. The summed E-state index contributed by atoms with van der Waals surface area (Å²) in [6.45, 7) is 4.89. The Morgan fingerprint density at radius 3 is 2.57 bits per heavy atom. The Morgan fingerprint density at radius 2 is 2.10 bits per heavy atom. The lowest BCUT2D eigenvalue weighted by Gasteiger charge is -2.24. The molecule has 114 valence electrons. The molecule has 0 radical (unpaired) electrons. The molecule has 1 saturated heterocycles. The van der Waals surface area contributed by atoms with Crippen LogP contribution in [0.25, 0.3) is 0 Å². The molecular weight excluding hydrogens is 286 g/mol. The van der Waals surface area contributed by atoms with Crippen LogP contribution < -0.4 is 11.1 Å². The van der Waals surface area contributed by atoms with E-state index in [1.54, 1.807) is 31.2 Å². The maximum atomic E-state index is 12.2. The van der Waals surface area contributed by atoms with Crippen molar-refractivity contribution < 1.29 is 9.90 Å². The summed E-state index contributed by atoms with van der Waals surface area (Å²) in [6, 6.07) is 6.83. The molecule has 1 aromatic rings. The number of carbonyl (C=O) groups excluding carboxylic acids is 1. The van der Waals surface area contributed by atoms with Crippen LogP contribution in [0.5, 0.6) is 0 Å². The first-order chi connectivity index (χ1) is 9.78. The largest absolute Gasteiger partial charge is 0.389 e. The van der Waals surface area contributed by atoms with Crippen LogP contribution in [0.4, 0.5) is 5.69 Å². The molecule has 2 atom stereocenters. The van der Waals surface area contributed by atoms with Gasteiger partial charge in [-0.1, -0.05) is 12.2 Å². The molecule has 1 fully saturated rings. The number of aliphatic hydroxyl groups is 1. The van der Waals surface area contributed by atoms with Gasteiger partial charge in [-0.15, -0.1) is 0 Å². The minimum atomic E-state index is -0.701. The van der Waals surface area contributed by atoms with E-state index in [0.29, 0.717) is 23.6 Å². The minimum absolute atomic E-state index is 0.0872. The molecule has 1 aliphatic rings. The Balaban J connectivity index is 1.96. The van der Waals surface area contributed by atoms with Gasteiger partial charge in [0.2, 0.25) is 5.91 Å². The van der Waals surface area contributed by atoms with Gasteiger partial charge in [0.05, 0.1) is 11.6 Å². The number of rotatable bonds is 4. The molecule has 0 aromatic heterocycles. The van der Waals surface area contributed by atoms with Gasteiger partial charge < -0.3 is 16.2 Å². The zero-order valence-electron chi connectivity index (χ0n) is 12.3. The van der Waals surface area contributed by atoms with Crippen molar-refractivity contribution in [3.63, 3.8) is 0 Å². The number of β-amino-alcohol motifs (C(OH)–C–C–N with tert-alkyl or cyclic N) is 1. The van der Waals surface area contributed by atoms with Crippen LogP contribution >= 0.6 is 12.2 Å². The Kier molecular flexibility index (Phi) is 4.61. The van der Waals surface area contributed by atoms with Gasteiger partial charge >= 0.3 is 0 Å². The summed E-state index contributed by atoms with van der Waals surface area (Å²) in [5.74, 6) is -0.0872. The highest BCUT2D eigenvalue weighted by Crippen LogP contribution is 2.22. The number of nitrogens with two attached hydrogens (primary N) is 1. The number of anilines is 1. The van der Waals surface area contributed by atoms with E-state index < -0.39 is 5.60 Å². The molecule has 0 bridgehead atoms. The maximum absolute atomic E-state index is 12.2. The maximum Gasteiger partial charge on any atom is 0.241 e. The Labute approximate surface area is 130 Å². The van der Waals surface area contributed by atoms with Gasteiger partial charge in [-0.05, 0) is 44.5 Å². The van der Waals surface area contributed by atoms with Gasteiger partial charge in [-0.3, -0.25) is 9.69 Å². The van der Waals surface area contributed by atoms with Crippen molar-refractivity contribution in [1.29, 1.82) is 0 Å². The van der Waals surface area contributed by atoms with Crippen LogP contribution in [0, 0.1) is 0 Å². The zero-order chi connectivity index (χ0) is 15.6. The number of thiocarbonyl (C=S) groups is 1. The Hall–Kier alpha value is -1.50. The third-order valence-electron chi connectivity index (χ3n) is 3.85. The molecule has 1 aliphatic heterocycles. The lowest BCUT2D eigenvalue weighted by atomic mass is 10.1. The SMILES string of the molecule is CC(C(=O)Nc1ccc(C(N)=S)cc1)N1CCC(C)(O)C1. The number of nitrogens with zero attached hydrogens (tertiary/aromatic N) is 1. The van der Waals surface area contributed by atoms with Crippen molar-refractivity contribution in [2.45, 2.75) is 31.9 Å². The van der Waals surface area contributed by atoms with Gasteiger partial charge in [0, 0.05) is 24.3 Å². The molecule has 1 amide bonds. The minimum Gasteiger partial charge on any atom is -0.389 e. The number of hydrogen-bond donors (Lipinski definition) is 3. The van der Waals surface area contributed by atoms with E-state index in [2.05, 4.69) is 5.32 Å². The summed E-state index contributed by atoms with van der Waals surface area (Å²) in [5, 5.41) is 12.8. The molecule has 4 N–H and O–H groups in total. The second kappa shape index (κ2) is 6.09. The zero-order valence-corrected chi connectivity index (χ0v) is 13.1. The number of carbonyl (C=O) groups is 1. The van der Waals surface area contributed by atoms with Crippen LogP contribution in [-0.4, -0.2) is 45.6 Å². The summed E-state index contributed by atoms with van der Waals surface area (Å²) in [7, 11) is 0. The van der Waals surface area contributed by atoms with E-state index in [0.717, 1.165) is 12.1 Å². The first-order valence-corrected chi connectivity index (χ1v) is 7.36. The molecule has 5 nitrogen and oxygen atoms in total. The lowest BCUT2D eigenvalue weighted by Crippen LogP contribution is -2.42. The monoisotopic (exact) mass is 307 g/mol. The van der Waals surface area contributed by atoms with Crippen LogP contribution in [-0.2, 0) is 4.79 Å². The normalized spacial score (nSPS) is 23.8. The van der Waals surface area contributed by atoms with Crippen molar-refractivity contribution in [3.8, 4) is 0 Å². The van der Waals surface area contributed by atoms with Crippen LogP contribution in [0.1, 0.15) is 25.8 Å². The molecule has 0 saturated carbocycles. The van der Waals surface area contributed by atoms with Crippen LogP contribution in [0.15, 0.2) is 24.3 Å². The summed E-state index contributed by atoms with van der Waals surface area (Å²) in [5.41, 5.74) is 6.31. The molecular formula is C15H21N3O2S. The first kappa shape index (κ1) is 15.9. The first-order valence-electron chi connectivity index (χ1n) is 6.96. The number of likely N-dealkylation sites (tertiary alicyclic amines) is 1. The third-order valence-corrected chi connectivity index (χ3v) is 4.08. The van der Waals surface area contributed by atoms with E-state index in [-0.39, 0.29) is 11.9 Å². The molecule has 1 aromatic carbocycles. The van der Waals surface area contributed by atoms with Crippen LogP contribution in [0.3, 0.4) is 0 Å². The Morgan fingerprint density at radius 1 is 1.48 bits per heavy atom. The van der Waals surface area contributed by atoms with Crippen molar-refractivity contribution in [2.75, 3.05) is 18.4 Å². The van der Waals surface area contributed by atoms with Gasteiger partial charge in [0.25, 0.3) is 0 Å². The number of amides is 1. The van der Waals surface area contributed by atoms with Gasteiger partial charge in [-0.2, -0.15) is 0 Å². The van der Waals surface area contributed by atoms with Gasteiger partial charge in [0.1, 0.15) is 4.99 Å². The van der Waals surface area contributed by atoms with E-state index in [4.69, 9.17) is 18.0 Å². The van der Waals surface area contributed by atoms with Crippen molar-refractivity contribution in [3.05, 3.63) is 29.8 Å². The summed E-state index contributed by atoms with van der Waals surface area (Å²) in [4.78, 5) is 14.6. The average Bonchev–Trinajstić information content (AvgIpc) is 2.78. The van der Waals surface area contributed by atoms with Crippen molar-refractivity contribution in [2.24, 2.45) is 5.73 Å². The standard InChI is InChI=1S/C15H21N3O2S/c1-10(18-8-7-15(2,20)9-18)14(19)17-12-5-3-11(4-6-12)13(16)21/h3-6,10,20H,7-9H2,1-2H3,(H2,16,21)(H,17,19). The van der Waals surface area contributed by atoms with E-state index in [9.17, 15) is 9.90 Å². The van der Waals surface area contributed by atoms with Gasteiger partial charge in [-0.25, -0.2) is 0 Å². The van der Waals surface area contributed by atoms with Crippen molar-refractivity contribution in [1.82, 2.24) is 4.90 Å². The molecule has 1 heterocycles. The van der Waals surface area contributed by atoms with Crippen LogP contribution in [0.2, 0.25) is 0 Å². The smallest absolute Gasteiger partial charge is 0.241 e. The summed E-state index contributed by atoms with van der Waals surface area (Å²) < 4.78 is 0. The highest BCUT2D eigenvalue weighted by Gasteiger charge is 2.35. The number of hydrogen-bond acceptors (Lipinski definition) is 4. The fraction of sp³-hybridized carbons (Fsp3) is 0.467. The Bertz CT molecular complexity index is 542. The molecule has 6 heteroatoms. The number of nitrogens with one attached hydrogen (secondary N) is 1. The molecule has 0 aliphatic carbocycles. The van der Waals surface area contributed by atoms with Gasteiger partial charge in [0.15, 0.2) is 0 Å². The predicted molar refractivity (Wildman–Crippen MR) is 87.2 cm³/mol.